The van der Waals surface area contributed by atoms with E-state index in [9.17, 15) is 9.90 Å². The van der Waals surface area contributed by atoms with Gasteiger partial charge in [-0.1, -0.05) is 29.8 Å². The number of carbonyl (C=O) groups is 1. The summed E-state index contributed by atoms with van der Waals surface area (Å²) in [6.07, 6.45) is 1.51. The molecule has 1 aromatic rings. The van der Waals surface area contributed by atoms with Crippen molar-refractivity contribution in [1.29, 1.82) is 0 Å². The molecule has 86 valence electrons. The summed E-state index contributed by atoms with van der Waals surface area (Å²) < 4.78 is 5.31. The van der Waals surface area contributed by atoms with E-state index >= 15 is 0 Å². The molecule has 0 aliphatic carbocycles. The van der Waals surface area contributed by atoms with Gasteiger partial charge in [-0.3, -0.25) is 0 Å². The maximum Gasteiger partial charge on any atom is 0.340 e. The molecule has 0 radical (unpaired) electrons. The van der Waals surface area contributed by atoms with Gasteiger partial charge in [0.15, 0.2) is 5.60 Å². The van der Waals surface area contributed by atoms with Gasteiger partial charge in [0.1, 0.15) is 0 Å². The van der Waals surface area contributed by atoms with Crippen molar-refractivity contribution in [1.82, 2.24) is 0 Å². The van der Waals surface area contributed by atoms with Crippen LogP contribution >= 0.6 is 11.6 Å². The first-order chi connectivity index (χ1) is 7.50. The first-order valence-corrected chi connectivity index (χ1v) is 5.13. The fourth-order valence-electron chi connectivity index (χ4n) is 1.28. The van der Waals surface area contributed by atoms with Crippen LogP contribution in [0.4, 0.5) is 0 Å². The van der Waals surface area contributed by atoms with Crippen molar-refractivity contribution in [3.8, 4) is 0 Å². The molecule has 0 fully saturated rings. The molecule has 0 aliphatic rings. The average Bonchev–Trinajstić information content (AvgIpc) is 2.25. The number of benzene rings is 1. The highest BCUT2D eigenvalue weighted by Crippen LogP contribution is 2.27. The molecule has 4 heteroatoms. The number of rotatable bonds is 5. The monoisotopic (exact) mass is 240 g/mol. The van der Waals surface area contributed by atoms with Crippen LogP contribution in [0, 0.1) is 0 Å². The van der Waals surface area contributed by atoms with Crippen LogP contribution in [0.15, 0.2) is 36.9 Å². The predicted molar refractivity (Wildman–Crippen MR) is 62.6 cm³/mol. The summed E-state index contributed by atoms with van der Waals surface area (Å²) in [7, 11) is 0. The average molecular weight is 241 g/mol. The lowest BCUT2D eigenvalue weighted by atomic mass is 9.96. The minimum atomic E-state index is -1.40. The van der Waals surface area contributed by atoms with E-state index in [2.05, 4.69) is 6.58 Å². The van der Waals surface area contributed by atoms with Gasteiger partial charge in [0, 0.05) is 5.02 Å². The van der Waals surface area contributed by atoms with Crippen LogP contribution in [-0.4, -0.2) is 17.7 Å². The van der Waals surface area contributed by atoms with E-state index < -0.39 is 11.6 Å². The molecular weight excluding hydrogens is 228 g/mol. The lowest BCUT2D eigenvalue weighted by molar-refractivity contribution is -0.163. The highest BCUT2D eigenvalue weighted by Gasteiger charge is 2.36. The molecule has 1 atom stereocenters. The molecule has 0 amide bonds. The fraction of sp³-hybridized carbons (Fsp3) is 0.250. The summed E-state index contributed by atoms with van der Waals surface area (Å²) in [5, 5.41) is 9.68. The zero-order valence-corrected chi connectivity index (χ0v) is 9.70. The third kappa shape index (κ3) is 2.62. The highest BCUT2D eigenvalue weighted by molar-refractivity contribution is 6.30. The summed E-state index contributed by atoms with van der Waals surface area (Å²) in [6, 6.07) is 6.62. The van der Waals surface area contributed by atoms with Crippen LogP contribution in [-0.2, 0) is 15.1 Å². The lowest BCUT2D eigenvalue weighted by Gasteiger charge is -2.25. The molecule has 1 unspecified atom stereocenters. The Kier molecular flexibility index (Phi) is 4.10. The second kappa shape index (κ2) is 5.14. The Morgan fingerprint density at radius 1 is 1.69 bits per heavy atom. The Morgan fingerprint density at radius 3 is 2.88 bits per heavy atom. The summed E-state index contributed by atoms with van der Waals surface area (Å²) in [5.74, 6) is -1.06. The molecule has 0 saturated heterocycles. The van der Waals surface area contributed by atoms with Crippen LogP contribution in [0.25, 0.3) is 0 Å². The predicted octanol–water partition coefficient (Wildman–Crippen LogP) is 2.84. The van der Waals surface area contributed by atoms with Crippen LogP contribution in [0.2, 0.25) is 5.02 Å². The largest absolute Gasteiger partial charge is 0.479 e. The molecule has 0 spiro atoms. The SMILES string of the molecule is C=CCOC(C)(C(=O)O)c1cccc(Cl)c1. The van der Waals surface area contributed by atoms with Crippen molar-refractivity contribution in [3.63, 3.8) is 0 Å². The molecule has 0 aromatic heterocycles. The van der Waals surface area contributed by atoms with Crippen LogP contribution < -0.4 is 0 Å². The van der Waals surface area contributed by atoms with Crippen molar-refractivity contribution in [2.24, 2.45) is 0 Å². The molecular formula is C12H13ClO3. The van der Waals surface area contributed by atoms with Crippen LogP contribution in [0.5, 0.6) is 0 Å². The number of ether oxygens (including phenoxy) is 1. The topological polar surface area (TPSA) is 46.5 Å². The van der Waals surface area contributed by atoms with Crippen molar-refractivity contribution in [3.05, 3.63) is 47.5 Å². The quantitative estimate of drug-likeness (QED) is 0.805. The number of halogens is 1. The van der Waals surface area contributed by atoms with Gasteiger partial charge in [-0.15, -0.1) is 6.58 Å². The van der Waals surface area contributed by atoms with E-state index in [4.69, 9.17) is 16.3 Å². The normalized spacial score (nSPS) is 14.1. The Balaban J connectivity index is 3.10. The second-order valence-electron chi connectivity index (χ2n) is 3.45. The van der Waals surface area contributed by atoms with E-state index in [-0.39, 0.29) is 6.61 Å². The molecule has 1 rings (SSSR count). The van der Waals surface area contributed by atoms with E-state index in [1.54, 1.807) is 24.3 Å². The van der Waals surface area contributed by atoms with Gasteiger partial charge < -0.3 is 9.84 Å². The molecule has 16 heavy (non-hydrogen) atoms. The maximum atomic E-state index is 11.2. The highest BCUT2D eigenvalue weighted by atomic mass is 35.5. The number of hydrogen-bond donors (Lipinski definition) is 1. The smallest absolute Gasteiger partial charge is 0.340 e. The zero-order chi connectivity index (χ0) is 12.2. The molecule has 0 heterocycles. The van der Waals surface area contributed by atoms with Gasteiger partial charge in [-0.25, -0.2) is 4.79 Å². The van der Waals surface area contributed by atoms with Crippen molar-refractivity contribution in [2.45, 2.75) is 12.5 Å². The first-order valence-electron chi connectivity index (χ1n) is 4.75. The molecule has 0 saturated carbocycles. The number of aliphatic carboxylic acids is 1. The molecule has 0 bridgehead atoms. The summed E-state index contributed by atoms with van der Waals surface area (Å²) >= 11 is 5.82. The number of carboxylic acids is 1. The summed E-state index contributed by atoms with van der Waals surface area (Å²) in [6.45, 7) is 5.14. The van der Waals surface area contributed by atoms with Gasteiger partial charge in [-0.05, 0) is 24.6 Å². The standard InChI is InChI=1S/C12H13ClO3/c1-3-7-16-12(2,11(14)15)9-5-4-6-10(13)8-9/h3-6,8H,1,7H2,2H3,(H,14,15). The minimum Gasteiger partial charge on any atom is -0.479 e. The Bertz CT molecular complexity index is 403. The third-order valence-electron chi connectivity index (χ3n) is 2.27. The summed E-state index contributed by atoms with van der Waals surface area (Å²) in [5.41, 5.74) is -0.895. The van der Waals surface area contributed by atoms with Crippen LogP contribution in [0.3, 0.4) is 0 Å². The van der Waals surface area contributed by atoms with Gasteiger partial charge in [0.05, 0.1) is 6.61 Å². The van der Waals surface area contributed by atoms with Gasteiger partial charge >= 0.3 is 5.97 Å². The van der Waals surface area contributed by atoms with Crippen molar-refractivity contribution >= 4 is 17.6 Å². The molecule has 0 aliphatic heterocycles. The van der Waals surface area contributed by atoms with E-state index in [1.165, 1.54) is 13.0 Å². The molecule has 1 N–H and O–H groups in total. The van der Waals surface area contributed by atoms with Crippen molar-refractivity contribution in [2.75, 3.05) is 6.61 Å². The number of carboxylic acid groups (broad SMARTS) is 1. The van der Waals surface area contributed by atoms with E-state index in [0.29, 0.717) is 10.6 Å². The lowest BCUT2D eigenvalue weighted by Crippen LogP contribution is -2.35. The third-order valence-corrected chi connectivity index (χ3v) is 2.51. The summed E-state index contributed by atoms with van der Waals surface area (Å²) in [4.78, 5) is 11.2. The Hall–Kier alpha value is -1.32. The minimum absolute atomic E-state index is 0.162. The fourth-order valence-corrected chi connectivity index (χ4v) is 1.47. The maximum absolute atomic E-state index is 11.2. The Labute approximate surface area is 99.3 Å². The van der Waals surface area contributed by atoms with Gasteiger partial charge in [0.2, 0.25) is 0 Å². The molecule has 3 nitrogen and oxygen atoms in total. The Morgan fingerprint density at radius 2 is 2.38 bits per heavy atom. The number of hydrogen-bond acceptors (Lipinski definition) is 2. The first kappa shape index (κ1) is 12.7. The zero-order valence-electron chi connectivity index (χ0n) is 8.94. The van der Waals surface area contributed by atoms with E-state index in [0.717, 1.165) is 0 Å². The van der Waals surface area contributed by atoms with E-state index in [1.807, 2.05) is 0 Å². The molecule has 1 aromatic carbocycles. The van der Waals surface area contributed by atoms with Crippen molar-refractivity contribution < 1.29 is 14.6 Å². The van der Waals surface area contributed by atoms with Crippen LogP contribution in [0.1, 0.15) is 12.5 Å². The second-order valence-corrected chi connectivity index (χ2v) is 3.88. The van der Waals surface area contributed by atoms with Gasteiger partial charge in [0.25, 0.3) is 0 Å². The van der Waals surface area contributed by atoms with Gasteiger partial charge in [-0.2, -0.15) is 0 Å².